The summed E-state index contributed by atoms with van der Waals surface area (Å²) in [5, 5.41) is 5.29. The SMILES string of the molecule is CN(C)c1cccc2ccccc12.C[NH+](C)c1cccc2ccccc12. The standard InChI is InChI=1S/2C12H13N/c2*1-13(2)12-9-5-7-10-6-3-4-8-11(10)12/h2*3-9H,1-2H3/p+1. The molecule has 0 fully saturated rings. The summed E-state index contributed by atoms with van der Waals surface area (Å²) in [6.45, 7) is 0. The lowest BCUT2D eigenvalue weighted by Crippen LogP contribution is -3.00. The van der Waals surface area contributed by atoms with E-state index in [0.29, 0.717) is 0 Å². The Morgan fingerprint density at radius 3 is 1.69 bits per heavy atom. The van der Waals surface area contributed by atoms with E-state index >= 15 is 0 Å². The zero-order valence-corrected chi connectivity index (χ0v) is 16.0. The summed E-state index contributed by atoms with van der Waals surface area (Å²) in [5.41, 5.74) is 2.64. The third kappa shape index (κ3) is 3.87. The fraction of sp³-hybridized carbons (Fsp3) is 0.167. The molecule has 2 nitrogen and oxygen atoms in total. The number of rotatable bonds is 2. The second kappa shape index (κ2) is 8.03. The van der Waals surface area contributed by atoms with Gasteiger partial charge in [0.05, 0.1) is 14.1 Å². The molecule has 0 aliphatic rings. The van der Waals surface area contributed by atoms with Crippen LogP contribution in [0.3, 0.4) is 0 Å². The molecule has 0 amide bonds. The Balaban J connectivity index is 0.000000151. The van der Waals surface area contributed by atoms with Gasteiger partial charge in [0.2, 0.25) is 0 Å². The van der Waals surface area contributed by atoms with E-state index in [0.717, 1.165) is 0 Å². The second-order valence-electron chi connectivity index (χ2n) is 6.92. The van der Waals surface area contributed by atoms with Crippen LogP contribution in [0.15, 0.2) is 84.9 Å². The molecular weight excluding hydrogens is 316 g/mol. The molecule has 0 saturated carbocycles. The highest BCUT2D eigenvalue weighted by molar-refractivity contribution is 5.94. The number of anilines is 1. The normalized spacial score (nSPS) is 10.7. The summed E-state index contributed by atoms with van der Waals surface area (Å²) < 4.78 is 0. The van der Waals surface area contributed by atoms with Gasteiger partial charge < -0.3 is 9.80 Å². The smallest absolute Gasteiger partial charge is 0.138 e. The Hall–Kier alpha value is -2.84. The summed E-state index contributed by atoms with van der Waals surface area (Å²) in [4.78, 5) is 3.51. The first kappa shape index (κ1) is 18.0. The first-order valence-electron chi connectivity index (χ1n) is 9.01. The van der Waals surface area contributed by atoms with Gasteiger partial charge in [-0.15, -0.1) is 0 Å². The van der Waals surface area contributed by atoms with E-state index in [9.17, 15) is 0 Å². The molecule has 0 heterocycles. The Morgan fingerprint density at radius 2 is 1.08 bits per heavy atom. The van der Waals surface area contributed by atoms with Crippen molar-refractivity contribution in [2.24, 2.45) is 0 Å². The quantitative estimate of drug-likeness (QED) is 0.562. The third-order valence-electron chi connectivity index (χ3n) is 4.58. The summed E-state index contributed by atoms with van der Waals surface area (Å²) in [6, 6.07) is 29.8. The zero-order valence-electron chi connectivity index (χ0n) is 16.0. The van der Waals surface area contributed by atoms with Crippen LogP contribution in [-0.4, -0.2) is 28.2 Å². The number of benzene rings is 4. The van der Waals surface area contributed by atoms with Crippen LogP contribution in [0, 0.1) is 0 Å². The van der Waals surface area contributed by atoms with Gasteiger partial charge in [-0.2, -0.15) is 0 Å². The maximum Gasteiger partial charge on any atom is 0.138 e. The van der Waals surface area contributed by atoms with Gasteiger partial charge in [0.1, 0.15) is 5.69 Å². The van der Waals surface area contributed by atoms with Crippen molar-refractivity contribution in [3.8, 4) is 0 Å². The lowest BCUT2D eigenvalue weighted by molar-refractivity contribution is -0.785. The van der Waals surface area contributed by atoms with Crippen LogP contribution in [0.5, 0.6) is 0 Å². The Kier molecular flexibility index (Phi) is 5.55. The predicted molar refractivity (Wildman–Crippen MR) is 115 cm³/mol. The summed E-state index contributed by atoms with van der Waals surface area (Å²) in [5.74, 6) is 0. The minimum absolute atomic E-state index is 1.28. The molecule has 0 radical (unpaired) electrons. The van der Waals surface area contributed by atoms with Crippen molar-refractivity contribution in [1.82, 2.24) is 0 Å². The fourth-order valence-corrected chi connectivity index (χ4v) is 3.26. The molecule has 0 atom stereocenters. The molecule has 4 rings (SSSR count). The second-order valence-corrected chi connectivity index (χ2v) is 6.92. The first-order valence-corrected chi connectivity index (χ1v) is 9.01. The van der Waals surface area contributed by atoms with Crippen LogP contribution in [-0.2, 0) is 0 Å². The zero-order chi connectivity index (χ0) is 18.5. The topological polar surface area (TPSA) is 7.68 Å². The third-order valence-corrected chi connectivity index (χ3v) is 4.58. The molecular formula is C24H27N2+. The maximum atomic E-state index is 2.18. The predicted octanol–water partition coefficient (Wildman–Crippen LogP) is 4.52. The van der Waals surface area contributed by atoms with Crippen LogP contribution in [0.2, 0.25) is 0 Å². The van der Waals surface area contributed by atoms with Crippen molar-refractivity contribution in [3.05, 3.63) is 84.9 Å². The van der Waals surface area contributed by atoms with Gasteiger partial charge in [0.15, 0.2) is 0 Å². The molecule has 2 heteroatoms. The monoisotopic (exact) mass is 343 g/mol. The minimum Gasteiger partial charge on any atom is -0.377 e. The van der Waals surface area contributed by atoms with E-state index in [4.69, 9.17) is 0 Å². The summed E-state index contributed by atoms with van der Waals surface area (Å²) in [7, 11) is 8.45. The van der Waals surface area contributed by atoms with Gasteiger partial charge >= 0.3 is 0 Å². The molecule has 0 aliphatic heterocycles. The fourth-order valence-electron chi connectivity index (χ4n) is 3.26. The summed E-state index contributed by atoms with van der Waals surface area (Å²) >= 11 is 0. The molecule has 4 aromatic carbocycles. The van der Waals surface area contributed by atoms with E-state index in [1.807, 2.05) is 0 Å². The van der Waals surface area contributed by atoms with Crippen molar-refractivity contribution < 1.29 is 4.90 Å². The molecule has 0 aliphatic carbocycles. The van der Waals surface area contributed by atoms with E-state index < -0.39 is 0 Å². The highest BCUT2D eigenvalue weighted by Gasteiger charge is 2.04. The van der Waals surface area contributed by atoms with E-state index in [1.54, 1.807) is 0 Å². The minimum atomic E-state index is 1.28. The Labute approximate surface area is 156 Å². The number of nitrogens with zero attached hydrogens (tertiary/aromatic N) is 1. The highest BCUT2D eigenvalue weighted by Crippen LogP contribution is 2.24. The van der Waals surface area contributed by atoms with Gasteiger partial charge in [-0.05, 0) is 29.0 Å². The Bertz CT molecular complexity index is 909. The largest absolute Gasteiger partial charge is 0.377 e. The first-order chi connectivity index (χ1) is 12.6. The maximum absolute atomic E-state index is 2.18. The van der Waals surface area contributed by atoms with Crippen LogP contribution in [0.25, 0.3) is 21.5 Å². The lowest BCUT2D eigenvalue weighted by Gasteiger charge is -2.14. The Morgan fingerprint density at radius 1 is 0.577 bits per heavy atom. The molecule has 0 spiro atoms. The van der Waals surface area contributed by atoms with E-state index in [-0.39, 0.29) is 0 Å². The van der Waals surface area contributed by atoms with Crippen molar-refractivity contribution in [2.75, 3.05) is 33.1 Å². The number of quaternary nitrogens is 1. The van der Waals surface area contributed by atoms with Crippen LogP contribution in [0.1, 0.15) is 0 Å². The molecule has 0 unspecified atom stereocenters. The average Bonchev–Trinajstić information content (AvgIpc) is 2.67. The molecule has 0 saturated heterocycles. The molecule has 0 aromatic heterocycles. The number of hydrogen-bond donors (Lipinski definition) is 1. The van der Waals surface area contributed by atoms with Gasteiger partial charge in [0.25, 0.3) is 0 Å². The molecule has 0 bridgehead atoms. The van der Waals surface area contributed by atoms with Gasteiger partial charge in [-0.1, -0.05) is 66.7 Å². The van der Waals surface area contributed by atoms with E-state index in [1.165, 1.54) is 37.8 Å². The van der Waals surface area contributed by atoms with Gasteiger partial charge in [-0.25, -0.2) is 0 Å². The van der Waals surface area contributed by atoms with E-state index in [2.05, 4.69) is 118 Å². The van der Waals surface area contributed by atoms with Crippen LogP contribution < -0.4 is 9.80 Å². The van der Waals surface area contributed by atoms with Gasteiger partial charge in [0, 0.05) is 30.6 Å². The number of nitrogens with one attached hydrogen (secondary N) is 1. The van der Waals surface area contributed by atoms with Crippen molar-refractivity contribution in [1.29, 1.82) is 0 Å². The lowest BCUT2D eigenvalue weighted by atomic mass is 10.1. The summed E-state index contributed by atoms with van der Waals surface area (Å²) in [6.07, 6.45) is 0. The van der Waals surface area contributed by atoms with Crippen LogP contribution >= 0.6 is 0 Å². The molecule has 1 N–H and O–H groups in total. The molecule has 26 heavy (non-hydrogen) atoms. The van der Waals surface area contributed by atoms with Crippen LogP contribution in [0.4, 0.5) is 11.4 Å². The van der Waals surface area contributed by atoms with Gasteiger partial charge in [-0.3, -0.25) is 0 Å². The van der Waals surface area contributed by atoms with Crippen molar-refractivity contribution >= 4 is 32.9 Å². The molecule has 132 valence electrons. The van der Waals surface area contributed by atoms with Crippen molar-refractivity contribution in [3.63, 3.8) is 0 Å². The number of fused-ring (bicyclic) bond motifs is 2. The molecule has 4 aromatic rings. The number of hydrogen-bond acceptors (Lipinski definition) is 1. The highest BCUT2D eigenvalue weighted by atomic mass is 15.1. The van der Waals surface area contributed by atoms with Crippen molar-refractivity contribution in [2.45, 2.75) is 0 Å². The average molecular weight is 343 g/mol.